The molecular formula is C16H23ClN2O. The summed E-state index contributed by atoms with van der Waals surface area (Å²) in [6, 6.07) is 6.34. The van der Waals surface area contributed by atoms with Gasteiger partial charge in [-0.05, 0) is 38.3 Å². The molecule has 2 rings (SSSR count). The summed E-state index contributed by atoms with van der Waals surface area (Å²) in [5.41, 5.74) is 2.07. The van der Waals surface area contributed by atoms with Gasteiger partial charge in [-0.1, -0.05) is 13.8 Å². The van der Waals surface area contributed by atoms with Gasteiger partial charge in [-0.2, -0.15) is 0 Å². The highest BCUT2D eigenvalue weighted by Gasteiger charge is 2.20. The predicted molar refractivity (Wildman–Crippen MR) is 84.7 cm³/mol. The van der Waals surface area contributed by atoms with E-state index >= 15 is 0 Å². The minimum Gasteiger partial charge on any atom is -0.497 e. The summed E-state index contributed by atoms with van der Waals surface area (Å²) < 4.78 is 7.59. The van der Waals surface area contributed by atoms with Gasteiger partial charge in [-0.25, -0.2) is 4.98 Å². The van der Waals surface area contributed by atoms with Gasteiger partial charge in [0.05, 0.1) is 23.5 Å². The SMILES string of the molecule is COc1ccc2nc(C(C)Cl)n(C(C)CC(C)C)c2c1. The van der Waals surface area contributed by atoms with Crippen molar-refractivity contribution in [3.63, 3.8) is 0 Å². The van der Waals surface area contributed by atoms with E-state index in [0.717, 1.165) is 29.0 Å². The highest BCUT2D eigenvalue weighted by molar-refractivity contribution is 6.20. The second-order valence-electron chi connectivity index (χ2n) is 5.79. The van der Waals surface area contributed by atoms with Gasteiger partial charge in [-0.3, -0.25) is 0 Å². The minimum atomic E-state index is -0.108. The number of rotatable bonds is 5. The standard InChI is InChI=1S/C16H23ClN2O/c1-10(2)8-11(3)19-15-9-13(20-5)6-7-14(15)18-16(19)12(4)17/h6-7,9-12H,8H2,1-5H3. The van der Waals surface area contributed by atoms with Crippen LogP contribution < -0.4 is 4.74 Å². The molecule has 1 aromatic carbocycles. The van der Waals surface area contributed by atoms with Gasteiger partial charge < -0.3 is 9.30 Å². The summed E-state index contributed by atoms with van der Waals surface area (Å²) in [4.78, 5) is 4.69. The summed E-state index contributed by atoms with van der Waals surface area (Å²) in [6.45, 7) is 8.67. The van der Waals surface area contributed by atoms with Gasteiger partial charge >= 0.3 is 0 Å². The number of nitrogens with zero attached hydrogens (tertiary/aromatic N) is 2. The maximum Gasteiger partial charge on any atom is 0.127 e. The van der Waals surface area contributed by atoms with Crippen molar-refractivity contribution in [2.45, 2.75) is 45.5 Å². The number of fused-ring (bicyclic) bond motifs is 1. The van der Waals surface area contributed by atoms with E-state index in [1.807, 2.05) is 25.1 Å². The Labute approximate surface area is 125 Å². The molecule has 0 aliphatic rings. The van der Waals surface area contributed by atoms with Crippen LogP contribution >= 0.6 is 11.6 Å². The number of alkyl halides is 1. The zero-order valence-electron chi connectivity index (χ0n) is 12.9. The molecule has 3 nitrogen and oxygen atoms in total. The van der Waals surface area contributed by atoms with Crippen LogP contribution in [0.25, 0.3) is 11.0 Å². The van der Waals surface area contributed by atoms with Crippen molar-refractivity contribution in [3.05, 3.63) is 24.0 Å². The second kappa shape index (κ2) is 6.04. The number of imidazole rings is 1. The molecule has 0 N–H and O–H groups in total. The molecule has 0 saturated carbocycles. The number of benzene rings is 1. The summed E-state index contributed by atoms with van der Waals surface area (Å²) in [5.74, 6) is 2.42. The first-order valence-electron chi connectivity index (χ1n) is 7.14. The molecule has 2 aromatic rings. The van der Waals surface area contributed by atoms with Crippen molar-refractivity contribution in [1.29, 1.82) is 0 Å². The summed E-state index contributed by atoms with van der Waals surface area (Å²) in [5, 5.41) is -0.108. The lowest BCUT2D eigenvalue weighted by Crippen LogP contribution is -2.12. The van der Waals surface area contributed by atoms with Crippen LogP contribution in [-0.4, -0.2) is 16.7 Å². The Kier molecular flexibility index (Phi) is 4.59. The molecule has 0 bridgehead atoms. The zero-order valence-corrected chi connectivity index (χ0v) is 13.6. The highest BCUT2D eigenvalue weighted by Crippen LogP contribution is 2.32. The normalized spacial score (nSPS) is 14.8. The molecule has 0 aliphatic heterocycles. The third-order valence-corrected chi connectivity index (χ3v) is 3.73. The molecule has 0 fully saturated rings. The van der Waals surface area contributed by atoms with Gasteiger partial charge in [0, 0.05) is 12.1 Å². The lowest BCUT2D eigenvalue weighted by atomic mass is 10.0. The number of halogens is 1. The molecule has 1 aromatic heterocycles. The maximum absolute atomic E-state index is 6.32. The van der Waals surface area contributed by atoms with Crippen LogP contribution in [0.1, 0.15) is 51.4 Å². The first-order chi connectivity index (χ1) is 9.43. The Hall–Kier alpha value is -1.22. The summed E-state index contributed by atoms with van der Waals surface area (Å²) in [6.07, 6.45) is 1.10. The van der Waals surface area contributed by atoms with E-state index < -0.39 is 0 Å². The minimum absolute atomic E-state index is 0.108. The maximum atomic E-state index is 6.32. The van der Waals surface area contributed by atoms with Crippen LogP contribution in [-0.2, 0) is 0 Å². The van der Waals surface area contributed by atoms with Crippen LogP contribution in [0.15, 0.2) is 18.2 Å². The number of methoxy groups -OCH3 is 1. The lowest BCUT2D eigenvalue weighted by molar-refractivity contribution is 0.412. The average molecular weight is 295 g/mol. The van der Waals surface area contributed by atoms with Crippen LogP contribution in [0.4, 0.5) is 0 Å². The van der Waals surface area contributed by atoms with Crippen LogP contribution in [0.5, 0.6) is 5.75 Å². The van der Waals surface area contributed by atoms with Crippen LogP contribution in [0.3, 0.4) is 0 Å². The van der Waals surface area contributed by atoms with E-state index in [9.17, 15) is 0 Å². The van der Waals surface area contributed by atoms with E-state index in [-0.39, 0.29) is 5.38 Å². The van der Waals surface area contributed by atoms with Crippen molar-refractivity contribution in [2.24, 2.45) is 5.92 Å². The number of hydrogen-bond acceptors (Lipinski definition) is 2. The molecule has 2 atom stereocenters. The fourth-order valence-electron chi connectivity index (χ4n) is 2.75. The molecule has 0 spiro atoms. The predicted octanol–water partition coefficient (Wildman–Crippen LogP) is 4.95. The number of aromatic nitrogens is 2. The molecular weight excluding hydrogens is 272 g/mol. The van der Waals surface area contributed by atoms with Crippen molar-refractivity contribution in [2.75, 3.05) is 7.11 Å². The molecule has 0 saturated heterocycles. The topological polar surface area (TPSA) is 27.1 Å². The third kappa shape index (κ3) is 2.93. The fraction of sp³-hybridized carbons (Fsp3) is 0.562. The van der Waals surface area contributed by atoms with E-state index in [1.165, 1.54) is 0 Å². The highest BCUT2D eigenvalue weighted by atomic mass is 35.5. The Balaban J connectivity index is 2.59. The summed E-state index contributed by atoms with van der Waals surface area (Å²) in [7, 11) is 1.69. The quantitative estimate of drug-likeness (QED) is 0.729. The second-order valence-corrected chi connectivity index (χ2v) is 6.44. The van der Waals surface area contributed by atoms with E-state index in [0.29, 0.717) is 12.0 Å². The van der Waals surface area contributed by atoms with Crippen LogP contribution in [0, 0.1) is 5.92 Å². The van der Waals surface area contributed by atoms with Gasteiger partial charge in [0.2, 0.25) is 0 Å². The lowest BCUT2D eigenvalue weighted by Gasteiger charge is -2.20. The van der Waals surface area contributed by atoms with Gasteiger partial charge in [0.15, 0.2) is 0 Å². The van der Waals surface area contributed by atoms with E-state index in [4.69, 9.17) is 21.3 Å². The average Bonchev–Trinajstić information content (AvgIpc) is 2.76. The first kappa shape index (κ1) is 15.2. The molecule has 1 heterocycles. The monoisotopic (exact) mass is 294 g/mol. The smallest absolute Gasteiger partial charge is 0.127 e. The van der Waals surface area contributed by atoms with Crippen LogP contribution in [0.2, 0.25) is 0 Å². The molecule has 110 valence electrons. The largest absolute Gasteiger partial charge is 0.497 e. The fourth-order valence-corrected chi connectivity index (χ4v) is 2.90. The molecule has 0 amide bonds. The first-order valence-corrected chi connectivity index (χ1v) is 7.57. The van der Waals surface area contributed by atoms with Gasteiger partial charge in [-0.15, -0.1) is 11.6 Å². The zero-order chi connectivity index (χ0) is 14.9. The molecule has 0 radical (unpaired) electrons. The van der Waals surface area contributed by atoms with Gasteiger partial charge in [0.25, 0.3) is 0 Å². The Morgan fingerprint density at radius 1 is 1.25 bits per heavy atom. The van der Waals surface area contributed by atoms with Crippen molar-refractivity contribution in [1.82, 2.24) is 9.55 Å². The van der Waals surface area contributed by atoms with Gasteiger partial charge in [0.1, 0.15) is 11.6 Å². The van der Waals surface area contributed by atoms with E-state index in [1.54, 1.807) is 7.11 Å². The Morgan fingerprint density at radius 2 is 1.95 bits per heavy atom. The molecule has 2 unspecified atom stereocenters. The molecule has 0 aliphatic carbocycles. The Morgan fingerprint density at radius 3 is 2.50 bits per heavy atom. The van der Waals surface area contributed by atoms with Crippen molar-refractivity contribution >= 4 is 22.6 Å². The molecule has 20 heavy (non-hydrogen) atoms. The Bertz CT molecular complexity index is 589. The van der Waals surface area contributed by atoms with Crippen molar-refractivity contribution < 1.29 is 4.74 Å². The summed E-state index contributed by atoms with van der Waals surface area (Å²) >= 11 is 6.32. The number of hydrogen-bond donors (Lipinski definition) is 0. The van der Waals surface area contributed by atoms with E-state index in [2.05, 4.69) is 25.3 Å². The molecule has 4 heteroatoms. The third-order valence-electron chi connectivity index (χ3n) is 3.53. The number of ether oxygens (including phenoxy) is 1. The van der Waals surface area contributed by atoms with Crippen molar-refractivity contribution in [3.8, 4) is 5.75 Å².